The number of imidazole rings is 1. The number of carbonyl (C=O) groups is 1. The summed E-state index contributed by atoms with van der Waals surface area (Å²) in [6.45, 7) is 1.21. The van der Waals surface area contributed by atoms with Gasteiger partial charge in [0.05, 0.1) is 22.3 Å². The van der Waals surface area contributed by atoms with Crippen LogP contribution in [0.15, 0.2) is 64.2 Å². The van der Waals surface area contributed by atoms with E-state index in [0.717, 1.165) is 36.8 Å². The predicted molar refractivity (Wildman–Crippen MR) is 116 cm³/mol. The lowest BCUT2D eigenvalue weighted by molar-refractivity contribution is 0.0927. The molecule has 1 fully saturated rings. The fourth-order valence-electron chi connectivity index (χ4n) is 3.52. The van der Waals surface area contributed by atoms with Crippen molar-refractivity contribution in [2.75, 3.05) is 6.54 Å². The number of hydrogen-bond acceptors (Lipinski definition) is 5. The Balaban J connectivity index is 1.21. The van der Waals surface area contributed by atoms with Gasteiger partial charge in [-0.25, -0.2) is 18.1 Å². The van der Waals surface area contributed by atoms with Gasteiger partial charge in [0, 0.05) is 24.5 Å². The first-order chi connectivity index (χ1) is 15.0. The Kier molecular flexibility index (Phi) is 4.99. The molecule has 0 bridgehead atoms. The lowest BCUT2D eigenvalue weighted by Crippen LogP contribution is -2.25. The Morgan fingerprint density at radius 3 is 2.84 bits per heavy atom. The normalized spacial score (nSPS) is 14.3. The Morgan fingerprint density at radius 2 is 2.00 bits per heavy atom. The topological polar surface area (TPSA) is 106 Å². The van der Waals surface area contributed by atoms with Gasteiger partial charge >= 0.3 is 0 Å². The summed E-state index contributed by atoms with van der Waals surface area (Å²) < 4.78 is 35.1. The first kappa shape index (κ1) is 19.8. The number of benzene rings is 2. The molecule has 0 unspecified atom stereocenters. The molecule has 9 heteroatoms. The minimum Gasteiger partial charge on any atom is -0.451 e. The quantitative estimate of drug-likeness (QED) is 0.411. The van der Waals surface area contributed by atoms with Gasteiger partial charge in [-0.1, -0.05) is 12.1 Å². The summed E-state index contributed by atoms with van der Waals surface area (Å²) in [5.41, 5.74) is 2.48. The molecule has 2 heterocycles. The second kappa shape index (κ2) is 7.82. The van der Waals surface area contributed by atoms with Gasteiger partial charge in [0.2, 0.25) is 10.0 Å². The van der Waals surface area contributed by atoms with E-state index in [-0.39, 0.29) is 22.6 Å². The average Bonchev–Trinajstić information content (AvgIpc) is 3.31. The summed E-state index contributed by atoms with van der Waals surface area (Å²) in [5.74, 6) is -0.167. The van der Waals surface area contributed by atoms with Crippen molar-refractivity contribution in [2.45, 2.75) is 36.7 Å². The van der Waals surface area contributed by atoms with Gasteiger partial charge in [-0.05, 0) is 55.7 Å². The highest BCUT2D eigenvalue weighted by Crippen LogP contribution is 2.26. The van der Waals surface area contributed by atoms with E-state index in [0.29, 0.717) is 17.5 Å². The number of carbonyl (C=O) groups excluding carboxylic acids is 1. The molecule has 1 amide bonds. The predicted octanol–water partition coefficient (Wildman–Crippen LogP) is 3.04. The molecule has 160 valence electrons. The van der Waals surface area contributed by atoms with E-state index in [4.69, 9.17) is 4.42 Å². The third-order valence-corrected chi connectivity index (χ3v) is 6.83. The van der Waals surface area contributed by atoms with E-state index < -0.39 is 10.0 Å². The van der Waals surface area contributed by atoms with Crippen LogP contribution in [0.4, 0.5) is 0 Å². The third kappa shape index (κ3) is 4.19. The molecule has 5 rings (SSSR count). The van der Waals surface area contributed by atoms with Gasteiger partial charge in [0.1, 0.15) is 5.58 Å². The zero-order chi connectivity index (χ0) is 21.4. The first-order valence-corrected chi connectivity index (χ1v) is 11.7. The second-order valence-corrected chi connectivity index (χ2v) is 9.46. The number of fused-ring (bicyclic) bond motifs is 2. The largest absolute Gasteiger partial charge is 0.451 e. The van der Waals surface area contributed by atoms with Crippen molar-refractivity contribution in [2.24, 2.45) is 0 Å². The molecule has 8 nitrogen and oxygen atoms in total. The van der Waals surface area contributed by atoms with Crippen molar-refractivity contribution in [3.8, 4) is 0 Å². The number of nitrogens with zero attached hydrogens (tertiary/aromatic N) is 2. The van der Waals surface area contributed by atoms with Crippen LogP contribution in [0.25, 0.3) is 22.0 Å². The fraction of sp³-hybridized carbons (Fsp3) is 0.273. The molecule has 1 aliphatic carbocycles. The molecule has 0 aliphatic heterocycles. The molecule has 1 aliphatic rings. The van der Waals surface area contributed by atoms with Crippen molar-refractivity contribution >= 4 is 37.9 Å². The highest BCUT2D eigenvalue weighted by atomic mass is 32.2. The van der Waals surface area contributed by atoms with Crippen LogP contribution >= 0.6 is 0 Å². The van der Waals surface area contributed by atoms with E-state index in [9.17, 15) is 13.2 Å². The van der Waals surface area contributed by atoms with Crippen LogP contribution in [-0.4, -0.2) is 36.5 Å². The number of hydrogen-bond donors (Lipinski definition) is 2. The molecular weight excluding hydrogens is 416 g/mol. The summed E-state index contributed by atoms with van der Waals surface area (Å²) in [4.78, 5) is 17.0. The van der Waals surface area contributed by atoms with Gasteiger partial charge in [0.25, 0.3) is 5.91 Å². The number of aromatic nitrogens is 2. The molecule has 31 heavy (non-hydrogen) atoms. The Hall–Kier alpha value is -3.17. The van der Waals surface area contributed by atoms with Gasteiger partial charge in [-0.2, -0.15) is 0 Å². The summed E-state index contributed by atoms with van der Waals surface area (Å²) in [7, 11) is -3.55. The van der Waals surface area contributed by atoms with Gasteiger partial charge in [0.15, 0.2) is 5.76 Å². The Bertz CT molecular complexity index is 1370. The maximum atomic E-state index is 12.5. The van der Waals surface area contributed by atoms with Crippen LogP contribution in [0.1, 0.15) is 29.8 Å². The summed E-state index contributed by atoms with van der Waals surface area (Å²) in [6, 6.07) is 14.1. The monoisotopic (exact) mass is 438 g/mol. The number of sulfonamides is 1. The molecule has 0 saturated heterocycles. The third-order valence-electron chi connectivity index (χ3n) is 5.31. The zero-order valence-corrected chi connectivity index (χ0v) is 17.6. The fourth-order valence-corrected chi connectivity index (χ4v) is 4.86. The number of furan rings is 1. The van der Waals surface area contributed by atoms with Crippen LogP contribution in [0, 0.1) is 0 Å². The highest BCUT2D eigenvalue weighted by Gasteiger charge is 2.28. The van der Waals surface area contributed by atoms with E-state index in [1.54, 1.807) is 18.5 Å². The van der Waals surface area contributed by atoms with Crippen molar-refractivity contribution in [3.05, 3.63) is 60.6 Å². The lowest BCUT2D eigenvalue weighted by Gasteiger charge is -2.05. The van der Waals surface area contributed by atoms with E-state index >= 15 is 0 Å². The minimum atomic E-state index is -3.55. The number of amides is 1. The average molecular weight is 439 g/mol. The van der Waals surface area contributed by atoms with Gasteiger partial charge in [-0.15, -0.1) is 0 Å². The van der Waals surface area contributed by atoms with Crippen molar-refractivity contribution in [1.82, 2.24) is 19.6 Å². The molecule has 2 aromatic heterocycles. The molecule has 0 radical (unpaired) electrons. The van der Waals surface area contributed by atoms with Crippen molar-refractivity contribution in [1.29, 1.82) is 0 Å². The molecule has 2 aromatic carbocycles. The van der Waals surface area contributed by atoms with Gasteiger partial charge < -0.3 is 14.3 Å². The second-order valence-electron chi connectivity index (χ2n) is 7.74. The van der Waals surface area contributed by atoms with Crippen molar-refractivity contribution in [3.63, 3.8) is 0 Å². The number of rotatable bonds is 8. The first-order valence-electron chi connectivity index (χ1n) is 10.2. The van der Waals surface area contributed by atoms with E-state index in [1.807, 2.05) is 24.3 Å². The van der Waals surface area contributed by atoms with Crippen LogP contribution in [0.2, 0.25) is 0 Å². The zero-order valence-electron chi connectivity index (χ0n) is 16.7. The van der Waals surface area contributed by atoms with Crippen molar-refractivity contribution < 1.29 is 17.6 Å². The summed E-state index contributed by atoms with van der Waals surface area (Å²) in [5, 5.41) is 3.43. The Labute approximate surface area is 179 Å². The number of nitrogens with one attached hydrogen (secondary N) is 2. The lowest BCUT2D eigenvalue weighted by atomic mass is 10.2. The van der Waals surface area contributed by atoms with Crippen LogP contribution in [-0.2, 0) is 16.6 Å². The smallest absolute Gasteiger partial charge is 0.287 e. The van der Waals surface area contributed by atoms with Crippen LogP contribution < -0.4 is 10.0 Å². The molecule has 2 N–H and O–H groups in total. The highest BCUT2D eigenvalue weighted by molar-refractivity contribution is 7.89. The van der Waals surface area contributed by atoms with Crippen LogP contribution in [0.5, 0.6) is 0 Å². The molecule has 0 spiro atoms. The minimum absolute atomic E-state index is 0.0340. The molecule has 1 saturated carbocycles. The number of aryl methyl sites for hydroxylation is 1. The SMILES string of the molecule is O=C(NCCCn1cnc2ccccc21)c1cc2cc(S(=O)(=O)NC3CC3)ccc2o1. The summed E-state index contributed by atoms with van der Waals surface area (Å²) in [6.07, 6.45) is 4.28. The maximum absolute atomic E-state index is 12.5. The maximum Gasteiger partial charge on any atom is 0.287 e. The standard InChI is InChI=1S/C22H22N4O4S/c27-22(23-10-3-11-26-14-24-18-4-1-2-5-19(18)26)21-13-15-12-17(8-9-20(15)30-21)31(28,29)25-16-6-7-16/h1-2,4-5,8-9,12-14,16,25H,3,6-7,10-11H2,(H,23,27). The molecule has 4 aromatic rings. The molecular formula is C22H22N4O4S. The molecule has 0 atom stereocenters. The van der Waals surface area contributed by atoms with E-state index in [1.165, 1.54) is 12.1 Å². The Morgan fingerprint density at radius 1 is 1.16 bits per heavy atom. The van der Waals surface area contributed by atoms with Gasteiger partial charge in [-0.3, -0.25) is 4.79 Å². The van der Waals surface area contributed by atoms with E-state index in [2.05, 4.69) is 19.6 Å². The number of para-hydroxylation sites is 2. The van der Waals surface area contributed by atoms with Crippen LogP contribution in [0.3, 0.4) is 0 Å². The summed E-state index contributed by atoms with van der Waals surface area (Å²) >= 11 is 0.